The van der Waals surface area contributed by atoms with Gasteiger partial charge in [-0.2, -0.15) is 0 Å². The van der Waals surface area contributed by atoms with Crippen LogP contribution in [0.4, 0.5) is 5.69 Å². The first-order valence-corrected chi connectivity index (χ1v) is 6.79. The summed E-state index contributed by atoms with van der Waals surface area (Å²) >= 11 is 3.50. The topological polar surface area (TPSA) is 30.5 Å². The number of benzene rings is 1. The number of ether oxygens (including phenoxy) is 2. The predicted octanol–water partition coefficient (Wildman–Crippen LogP) is 4.07. The van der Waals surface area contributed by atoms with Crippen LogP contribution in [0.5, 0.6) is 11.5 Å². The molecule has 0 bridgehead atoms. The first kappa shape index (κ1) is 14.2. The molecule has 0 heterocycles. The van der Waals surface area contributed by atoms with Crippen LogP contribution in [0.2, 0.25) is 0 Å². The van der Waals surface area contributed by atoms with Gasteiger partial charge in [0.25, 0.3) is 0 Å². The fourth-order valence-corrected chi connectivity index (χ4v) is 1.84. The van der Waals surface area contributed by atoms with E-state index in [1.807, 2.05) is 19.2 Å². The van der Waals surface area contributed by atoms with Crippen molar-refractivity contribution in [2.75, 3.05) is 25.6 Å². The molecule has 1 rings (SSSR count). The average molecular weight is 302 g/mol. The van der Waals surface area contributed by atoms with E-state index in [0.717, 1.165) is 34.5 Å². The molecule has 1 N–H and O–H groups in total. The summed E-state index contributed by atoms with van der Waals surface area (Å²) in [6, 6.07) is 3.91. The summed E-state index contributed by atoms with van der Waals surface area (Å²) in [5.41, 5.74) is 0.967. The van der Waals surface area contributed by atoms with Crippen molar-refractivity contribution in [2.24, 2.45) is 0 Å². The summed E-state index contributed by atoms with van der Waals surface area (Å²) in [5.74, 6) is 1.67. The molecule has 0 spiro atoms. The molecule has 1 aromatic carbocycles. The summed E-state index contributed by atoms with van der Waals surface area (Å²) in [6.07, 6.45) is 1.98. The maximum absolute atomic E-state index is 5.69. The molecule has 96 valence electrons. The van der Waals surface area contributed by atoms with E-state index < -0.39 is 0 Å². The minimum atomic E-state index is 0.712. The Kier molecular flexibility index (Phi) is 6.19. The lowest BCUT2D eigenvalue weighted by Gasteiger charge is -2.14. The van der Waals surface area contributed by atoms with Crippen LogP contribution in [-0.2, 0) is 0 Å². The fraction of sp³-hybridized carbons (Fsp3) is 0.538. The zero-order valence-corrected chi connectivity index (χ0v) is 12.3. The quantitative estimate of drug-likeness (QED) is 0.823. The van der Waals surface area contributed by atoms with Gasteiger partial charge in [0, 0.05) is 13.1 Å². The van der Waals surface area contributed by atoms with Gasteiger partial charge in [-0.15, -0.1) is 0 Å². The average Bonchev–Trinajstić information content (AvgIpc) is 2.35. The Labute approximate surface area is 112 Å². The van der Waals surface area contributed by atoms with Gasteiger partial charge in [0.1, 0.15) is 11.5 Å². The highest BCUT2D eigenvalue weighted by Gasteiger charge is 2.09. The van der Waals surface area contributed by atoms with E-state index in [1.165, 1.54) is 0 Å². The largest absolute Gasteiger partial charge is 0.492 e. The number of nitrogens with one attached hydrogen (secondary N) is 1. The normalized spacial score (nSPS) is 10.1. The van der Waals surface area contributed by atoms with Gasteiger partial charge in [0.2, 0.25) is 0 Å². The van der Waals surface area contributed by atoms with Crippen molar-refractivity contribution in [3.8, 4) is 11.5 Å². The third kappa shape index (κ3) is 4.11. The first-order chi connectivity index (χ1) is 8.22. The van der Waals surface area contributed by atoms with Crippen LogP contribution in [0.1, 0.15) is 26.7 Å². The Morgan fingerprint density at radius 2 is 1.65 bits per heavy atom. The Balaban J connectivity index is 2.91. The van der Waals surface area contributed by atoms with Crippen LogP contribution in [0.3, 0.4) is 0 Å². The standard InChI is InChI=1S/C13H20BrNO2/c1-4-6-16-12-9-13(17-7-5-2)11(15-3)8-10(12)14/h8-9,15H,4-7H2,1-3H3. The SMILES string of the molecule is CCCOc1cc(OCCC)c(NC)cc1Br. The van der Waals surface area contributed by atoms with Gasteiger partial charge < -0.3 is 14.8 Å². The van der Waals surface area contributed by atoms with E-state index in [2.05, 4.69) is 35.1 Å². The second kappa shape index (κ2) is 7.43. The molecule has 0 unspecified atom stereocenters. The van der Waals surface area contributed by atoms with E-state index >= 15 is 0 Å². The summed E-state index contributed by atoms with van der Waals surface area (Å²) in [4.78, 5) is 0. The molecule has 0 aliphatic heterocycles. The third-order valence-electron chi connectivity index (χ3n) is 2.23. The summed E-state index contributed by atoms with van der Waals surface area (Å²) in [7, 11) is 1.88. The van der Waals surface area contributed by atoms with Crippen molar-refractivity contribution < 1.29 is 9.47 Å². The number of halogens is 1. The van der Waals surface area contributed by atoms with Crippen LogP contribution in [-0.4, -0.2) is 20.3 Å². The molecular weight excluding hydrogens is 282 g/mol. The van der Waals surface area contributed by atoms with E-state index in [1.54, 1.807) is 0 Å². The number of hydrogen-bond acceptors (Lipinski definition) is 3. The lowest BCUT2D eigenvalue weighted by atomic mass is 10.2. The van der Waals surface area contributed by atoms with Crippen LogP contribution < -0.4 is 14.8 Å². The maximum atomic E-state index is 5.69. The third-order valence-corrected chi connectivity index (χ3v) is 2.85. The van der Waals surface area contributed by atoms with E-state index in [-0.39, 0.29) is 0 Å². The smallest absolute Gasteiger partial charge is 0.146 e. The van der Waals surface area contributed by atoms with Crippen LogP contribution >= 0.6 is 15.9 Å². The maximum Gasteiger partial charge on any atom is 0.146 e. The number of rotatable bonds is 7. The zero-order chi connectivity index (χ0) is 12.7. The molecule has 0 amide bonds. The zero-order valence-electron chi connectivity index (χ0n) is 10.7. The molecule has 0 fully saturated rings. The summed E-state index contributed by atoms with van der Waals surface area (Å²) in [6.45, 7) is 5.60. The van der Waals surface area contributed by atoms with Crippen molar-refractivity contribution in [3.63, 3.8) is 0 Å². The van der Waals surface area contributed by atoms with Gasteiger partial charge in [0.05, 0.1) is 23.4 Å². The fourth-order valence-electron chi connectivity index (χ4n) is 1.38. The van der Waals surface area contributed by atoms with E-state index in [0.29, 0.717) is 13.2 Å². The van der Waals surface area contributed by atoms with Crippen molar-refractivity contribution in [2.45, 2.75) is 26.7 Å². The lowest BCUT2D eigenvalue weighted by Crippen LogP contribution is -2.02. The summed E-state index contributed by atoms with van der Waals surface area (Å²) < 4.78 is 12.3. The highest BCUT2D eigenvalue weighted by Crippen LogP contribution is 2.36. The predicted molar refractivity (Wildman–Crippen MR) is 75.3 cm³/mol. The molecule has 0 saturated heterocycles. The Morgan fingerprint density at radius 1 is 1.06 bits per heavy atom. The monoisotopic (exact) mass is 301 g/mol. The number of hydrogen-bond donors (Lipinski definition) is 1. The van der Waals surface area contributed by atoms with Crippen molar-refractivity contribution in [1.29, 1.82) is 0 Å². The Bertz CT molecular complexity index is 356. The van der Waals surface area contributed by atoms with Gasteiger partial charge in [-0.3, -0.25) is 0 Å². The van der Waals surface area contributed by atoms with Gasteiger partial charge in [-0.1, -0.05) is 13.8 Å². The van der Waals surface area contributed by atoms with Crippen molar-refractivity contribution in [3.05, 3.63) is 16.6 Å². The molecule has 0 radical (unpaired) electrons. The second-order valence-corrected chi connectivity index (χ2v) is 4.58. The Hall–Kier alpha value is -0.900. The first-order valence-electron chi connectivity index (χ1n) is 5.99. The van der Waals surface area contributed by atoms with Crippen LogP contribution in [0, 0.1) is 0 Å². The number of anilines is 1. The second-order valence-electron chi connectivity index (χ2n) is 3.73. The molecule has 0 saturated carbocycles. The molecule has 0 aromatic heterocycles. The highest BCUT2D eigenvalue weighted by atomic mass is 79.9. The van der Waals surface area contributed by atoms with Gasteiger partial charge in [0.15, 0.2) is 0 Å². The van der Waals surface area contributed by atoms with Gasteiger partial charge in [-0.05, 0) is 34.8 Å². The minimum absolute atomic E-state index is 0.712. The van der Waals surface area contributed by atoms with Crippen molar-refractivity contribution >= 4 is 21.6 Å². The van der Waals surface area contributed by atoms with Crippen molar-refractivity contribution in [1.82, 2.24) is 0 Å². The van der Waals surface area contributed by atoms with E-state index in [4.69, 9.17) is 9.47 Å². The summed E-state index contributed by atoms with van der Waals surface area (Å²) in [5, 5.41) is 3.12. The molecule has 0 aliphatic carbocycles. The van der Waals surface area contributed by atoms with Crippen LogP contribution in [0.15, 0.2) is 16.6 Å². The minimum Gasteiger partial charge on any atom is -0.492 e. The lowest BCUT2D eigenvalue weighted by molar-refractivity contribution is 0.301. The van der Waals surface area contributed by atoms with Gasteiger partial charge in [-0.25, -0.2) is 0 Å². The molecule has 1 aromatic rings. The van der Waals surface area contributed by atoms with E-state index in [9.17, 15) is 0 Å². The van der Waals surface area contributed by atoms with Crippen LogP contribution in [0.25, 0.3) is 0 Å². The molecule has 0 aliphatic rings. The highest BCUT2D eigenvalue weighted by molar-refractivity contribution is 9.10. The molecule has 17 heavy (non-hydrogen) atoms. The molecule has 4 heteroatoms. The molecule has 3 nitrogen and oxygen atoms in total. The van der Waals surface area contributed by atoms with Gasteiger partial charge >= 0.3 is 0 Å². The molecule has 0 atom stereocenters. The molecular formula is C13H20BrNO2. The Morgan fingerprint density at radius 3 is 2.18 bits per heavy atom.